The van der Waals surface area contributed by atoms with Crippen LogP contribution in [-0.2, 0) is 6.42 Å². The molecule has 2 aromatic rings. The summed E-state index contributed by atoms with van der Waals surface area (Å²) >= 11 is 9.82. The third-order valence-electron chi connectivity index (χ3n) is 3.48. The molecule has 0 radical (unpaired) electrons. The highest BCUT2D eigenvalue weighted by Gasteiger charge is 2.13. The standard InChI is InChI=1S/C17H19BrClN/c1-20-17(15-12-14(18)10-11-16(15)19)9-5-8-13-6-3-2-4-7-13/h2-4,6-7,10-12,17,20H,5,8-9H2,1H3. The lowest BCUT2D eigenvalue weighted by atomic mass is 9.99. The lowest BCUT2D eigenvalue weighted by molar-refractivity contribution is 0.527. The topological polar surface area (TPSA) is 12.0 Å². The molecule has 3 heteroatoms. The first-order valence-electron chi connectivity index (χ1n) is 6.87. The van der Waals surface area contributed by atoms with Gasteiger partial charge in [0.1, 0.15) is 0 Å². The number of nitrogens with one attached hydrogen (secondary N) is 1. The Morgan fingerprint density at radius 2 is 1.90 bits per heavy atom. The van der Waals surface area contributed by atoms with Crippen LogP contribution in [0.3, 0.4) is 0 Å². The number of rotatable bonds is 6. The van der Waals surface area contributed by atoms with Gasteiger partial charge in [-0.3, -0.25) is 0 Å². The highest BCUT2D eigenvalue weighted by Crippen LogP contribution is 2.29. The smallest absolute Gasteiger partial charge is 0.0454 e. The second-order valence-electron chi connectivity index (χ2n) is 4.88. The average Bonchev–Trinajstić information content (AvgIpc) is 2.48. The summed E-state index contributed by atoms with van der Waals surface area (Å²) in [6.45, 7) is 0. The van der Waals surface area contributed by atoms with Crippen LogP contribution in [0.5, 0.6) is 0 Å². The molecule has 0 amide bonds. The Hall–Kier alpha value is -0.830. The largest absolute Gasteiger partial charge is 0.313 e. The van der Waals surface area contributed by atoms with Crippen LogP contribution in [0.15, 0.2) is 53.0 Å². The number of benzene rings is 2. The Balaban J connectivity index is 1.97. The second-order valence-corrected chi connectivity index (χ2v) is 6.21. The zero-order valence-electron chi connectivity index (χ0n) is 11.6. The summed E-state index contributed by atoms with van der Waals surface area (Å²) in [6, 6.07) is 16.9. The molecule has 2 rings (SSSR count). The van der Waals surface area contributed by atoms with Crippen molar-refractivity contribution in [2.24, 2.45) is 0 Å². The maximum absolute atomic E-state index is 6.30. The van der Waals surface area contributed by atoms with E-state index in [0.717, 1.165) is 34.3 Å². The molecule has 1 unspecified atom stereocenters. The minimum atomic E-state index is 0.295. The van der Waals surface area contributed by atoms with Crippen LogP contribution >= 0.6 is 27.5 Å². The lowest BCUT2D eigenvalue weighted by Gasteiger charge is -2.18. The van der Waals surface area contributed by atoms with Gasteiger partial charge < -0.3 is 5.32 Å². The fourth-order valence-electron chi connectivity index (χ4n) is 2.39. The van der Waals surface area contributed by atoms with Gasteiger partial charge in [0, 0.05) is 15.5 Å². The molecule has 1 nitrogen and oxygen atoms in total. The molecular formula is C17H19BrClN. The monoisotopic (exact) mass is 351 g/mol. The van der Waals surface area contributed by atoms with Crippen molar-refractivity contribution in [2.75, 3.05) is 7.05 Å². The van der Waals surface area contributed by atoms with Crippen molar-refractivity contribution in [3.05, 3.63) is 69.2 Å². The lowest BCUT2D eigenvalue weighted by Crippen LogP contribution is -2.17. The van der Waals surface area contributed by atoms with Gasteiger partial charge in [0.2, 0.25) is 0 Å². The van der Waals surface area contributed by atoms with Gasteiger partial charge in [0.25, 0.3) is 0 Å². The van der Waals surface area contributed by atoms with Crippen molar-refractivity contribution < 1.29 is 0 Å². The van der Waals surface area contributed by atoms with Gasteiger partial charge in [-0.2, -0.15) is 0 Å². The summed E-state index contributed by atoms with van der Waals surface area (Å²) in [7, 11) is 1.99. The molecule has 0 aliphatic carbocycles. The van der Waals surface area contributed by atoms with Crippen molar-refractivity contribution in [1.82, 2.24) is 5.32 Å². The Bertz CT molecular complexity index is 542. The average molecular weight is 353 g/mol. The number of hydrogen-bond acceptors (Lipinski definition) is 1. The van der Waals surface area contributed by atoms with Crippen LogP contribution in [0, 0.1) is 0 Å². The summed E-state index contributed by atoms with van der Waals surface area (Å²) in [5.74, 6) is 0. The molecule has 20 heavy (non-hydrogen) atoms. The van der Waals surface area contributed by atoms with Crippen LogP contribution in [-0.4, -0.2) is 7.05 Å². The van der Waals surface area contributed by atoms with E-state index in [0.29, 0.717) is 6.04 Å². The first kappa shape index (κ1) is 15.6. The number of aryl methyl sites for hydroxylation is 1. The van der Waals surface area contributed by atoms with Gasteiger partial charge in [-0.25, -0.2) is 0 Å². The minimum absolute atomic E-state index is 0.295. The van der Waals surface area contributed by atoms with Crippen molar-refractivity contribution in [3.63, 3.8) is 0 Å². The van der Waals surface area contributed by atoms with Crippen molar-refractivity contribution in [3.8, 4) is 0 Å². The van der Waals surface area contributed by atoms with E-state index in [4.69, 9.17) is 11.6 Å². The van der Waals surface area contributed by atoms with Crippen LogP contribution in [0.2, 0.25) is 5.02 Å². The van der Waals surface area contributed by atoms with Crippen LogP contribution < -0.4 is 5.32 Å². The molecule has 0 spiro atoms. The number of hydrogen-bond donors (Lipinski definition) is 1. The zero-order valence-corrected chi connectivity index (χ0v) is 13.9. The zero-order chi connectivity index (χ0) is 14.4. The summed E-state index contributed by atoms with van der Waals surface area (Å²) in [5.41, 5.74) is 2.55. The molecule has 106 valence electrons. The van der Waals surface area contributed by atoms with Crippen LogP contribution in [0.25, 0.3) is 0 Å². The SMILES string of the molecule is CNC(CCCc1ccccc1)c1cc(Br)ccc1Cl. The maximum atomic E-state index is 6.30. The Labute approximate surface area is 134 Å². The third-order valence-corrected chi connectivity index (χ3v) is 4.32. The molecule has 0 heterocycles. The third kappa shape index (κ3) is 4.34. The molecule has 0 aliphatic heterocycles. The van der Waals surface area contributed by atoms with Gasteiger partial charge in [0.05, 0.1) is 0 Å². The molecule has 2 aromatic carbocycles. The first-order valence-corrected chi connectivity index (χ1v) is 8.04. The Morgan fingerprint density at radius 1 is 1.15 bits per heavy atom. The van der Waals surface area contributed by atoms with Crippen molar-refractivity contribution in [2.45, 2.75) is 25.3 Å². The van der Waals surface area contributed by atoms with Gasteiger partial charge in [-0.15, -0.1) is 0 Å². The fourth-order valence-corrected chi connectivity index (χ4v) is 3.02. The minimum Gasteiger partial charge on any atom is -0.313 e. The van der Waals surface area contributed by atoms with Gasteiger partial charge in [-0.05, 0) is 55.6 Å². The van der Waals surface area contributed by atoms with Gasteiger partial charge >= 0.3 is 0 Å². The van der Waals surface area contributed by atoms with Gasteiger partial charge in [0.15, 0.2) is 0 Å². The van der Waals surface area contributed by atoms with E-state index in [1.54, 1.807) is 0 Å². The van der Waals surface area contributed by atoms with E-state index < -0.39 is 0 Å². The van der Waals surface area contributed by atoms with Crippen LogP contribution in [0.1, 0.15) is 30.0 Å². The fraction of sp³-hybridized carbons (Fsp3) is 0.294. The quantitative estimate of drug-likeness (QED) is 0.735. The molecule has 0 fully saturated rings. The molecule has 1 N–H and O–H groups in total. The van der Waals surface area contributed by atoms with E-state index in [2.05, 4.69) is 57.6 Å². The summed E-state index contributed by atoms with van der Waals surface area (Å²) in [5, 5.41) is 4.19. The maximum Gasteiger partial charge on any atom is 0.0454 e. The summed E-state index contributed by atoms with van der Waals surface area (Å²) in [6.07, 6.45) is 3.31. The van der Waals surface area contributed by atoms with Gasteiger partial charge in [-0.1, -0.05) is 57.9 Å². The Kier molecular flexibility index (Phi) is 6.08. The van der Waals surface area contributed by atoms with Crippen LogP contribution in [0.4, 0.5) is 0 Å². The Morgan fingerprint density at radius 3 is 2.60 bits per heavy atom. The summed E-state index contributed by atoms with van der Waals surface area (Å²) in [4.78, 5) is 0. The van der Waals surface area contributed by atoms with E-state index in [-0.39, 0.29) is 0 Å². The molecule has 0 saturated carbocycles. The first-order chi connectivity index (χ1) is 9.70. The molecule has 0 aliphatic rings. The molecular weight excluding hydrogens is 334 g/mol. The normalized spacial score (nSPS) is 12.3. The van der Waals surface area contributed by atoms with Crippen molar-refractivity contribution >= 4 is 27.5 Å². The molecule has 1 atom stereocenters. The van der Waals surface area contributed by atoms with E-state index in [1.165, 1.54) is 5.56 Å². The van der Waals surface area contributed by atoms with E-state index in [1.807, 2.05) is 19.2 Å². The molecule has 0 bridgehead atoms. The van der Waals surface area contributed by atoms with E-state index in [9.17, 15) is 0 Å². The second kappa shape index (κ2) is 7.82. The van der Waals surface area contributed by atoms with E-state index >= 15 is 0 Å². The predicted octanol–water partition coefficient (Wildman–Crippen LogP) is 5.39. The molecule has 0 aromatic heterocycles. The summed E-state index contributed by atoms with van der Waals surface area (Å²) < 4.78 is 1.07. The predicted molar refractivity (Wildman–Crippen MR) is 90.3 cm³/mol. The highest BCUT2D eigenvalue weighted by molar-refractivity contribution is 9.10. The molecule has 0 saturated heterocycles. The van der Waals surface area contributed by atoms with Crippen molar-refractivity contribution in [1.29, 1.82) is 0 Å². The number of halogens is 2. The highest BCUT2D eigenvalue weighted by atomic mass is 79.9.